The van der Waals surface area contributed by atoms with Crippen LogP contribution in [0, 0.1) is 5.92 Å². The van der Waals surface area contributed by atoms with E-state index in [-0.39, 0.29) is 5.91 Å². The van der Waals surface area contributed by atoms with E-state index in [1.807, 2.05) is 30.5 Å². The maximum atomic E-state index is 11.8. The molecule has 1 amide bonds. The SMILES string of the molecule is CCN(CC)C(=O)CCNC1=NCC(C2CC2)S1. The van der Waals surface area contributed by atoms with Crippen molar-refractivity contribution in [2.45, 2.75) is 38.4 Å². The first-order valence-electron chi connectivity index (χ1n) is 6.97. The van der Waals surface area contributed by atoms with E-state index in [4.69, 9.17) is 0 Å². The predicted molar refractivity (Wildman–Crippen MR) is 77.0 cm³/mol. The number of carbonyl (C=O) groups is 1. The number of aliphatic imine (C=N–C) groups is 1. The zero-order valence-corrected chi connectivity index (χ0v) is 12.1. The molecule has 1 aliphatic carbocycles. The second-order valence-electron chi connectivity index (χ2n) is 4.88. The lowest BCUT2D eigenvalue weighted by molar-refractivity contribution is -0.130. The lowest BCUT2D eigenvalue weighted by Crippen LogP contribution is -2.33. The second-order valence-corrected chi connectivity index (χ2v) is 6.11. The van der Waals surface area contributed by atoms with Gasteiger partial charge in [0.25, 0.3) is 0 Å². The molecule has 0 spiro atoms. The van der Waals surface area contributed by atoms with Crippen LogP contribution in [0.1, 0.15) is 33.1 Å². The van der Waals surface area contributed by atoms with Gasteiger partial charge in [0.1, 0.15) is 0 Å². The van der Waals surface area contributed by atoms with E-state index in [1.165, 1.54) is 12.8 Å². The normalized spacial score (nSPS) is 22.8. The van der Waals surface area contributed by atoms with Gasteiger partial charge in [-0.25, -0.2) is 0 Å². The van der Waals surface area contributed by atoms with Crippen LogP contribution in [0.5, 0.6) is 0 Å². The fraction of sp³-hybridized carbons (Fsp3) is 0.846. The molecule has 0 saturated heterocycles. The molecule has 1 aliphatic heterocycles. The molecule has 0 aromatic rings. The van der Waals surface area contributed by atoms with Gasteiger partial charge < -0.3 is 10.2 Å². The van der Waals surface area contributed by atoms with Crippen molar-refractivity contribution >= 4 is 22.8 Å². The van der Waals surface area contributed by atoms with E-state index >= 15 is 0 Å². The lowest BCUT2D eigenvalue weighted by atomic mass is 10.3. The molecule has 0 aromatic heterocycles. The summed E-state index contributed by atoms with van der Waals surface area (Å²) in [5.74, 6) is 1.13. The van der Waals surface area contributed by atoms with Gasteiger partial charge in [0.2, 0.25) is 5.91 Å². The summed E-state index contributed by atoms with van der Waals surface area (Å²) in [6.07, 6.45) is 3.32. The predicted octanol–water partition coefficient (Wildman–Crippen LogP) is 1.72. The molecule has 0 radical (unpaired) electrons. The molecule has 0 bridgehead atoms. The minimum Gasteiger partial charge on any atom is -0.364 e. The van der Waals surface area contributed by atoms with Gasteiger partial charge in [0.05, 0.1) is 6.54 Å². The second kappa shape index (κ2) is 6.45. The molecule has 2 rings (SSSR count). The highest BCUT2D eigenvalue weighted by Gasteiger charge is 2.35. The van der Waals surface area contributed by atoms with Crippen LogP contribution in [0.4, 0.5) is 0 Å². The molecule has 1 saturated carbocycles. The molecule has 1 N–H and O–H groups in total. The van der Waals surface area contributed by atoms with Gasteiger partial charge in [-0.2, -0.15) is 0 Å². The summed E-state index contributed by atoms with van der Waals surface area (Å²) in [6, 6.07) is 0. The first-order valence-corrected chi connectivity index (χ1v) is 7.85. The molecule has 1 unspecified atom stereocenters. The number of rotatable bonds is 6. The Morgan fingerprint density at radius 1 is 1.44 bits per heavy atom. The Kier molecular flexibility index (Phi) is 4.92. The highest BCUT2D eigenvalue weighted by molar-refractivity contribution is 8.14. The lowest BCUT2D eigenvalue weighted by Gasteiger charge is -2.18. The molecule has 102 valence electrons. The van der Waals surface area contributed by atoms with Crippen LogP contribution < -0.4 is 5.32 Å². The molecule has 0 aromatic carbocycles. The van der Waals surface area contributed by atoms with Gasteiger partial charge in [-0.15, -0.1) is 0 Å². The minimum atomic E-state index is 0.231. The van der Waals surface area contributed by atoms with E-state index in [9.17, 15) is 4.79 Å². The average Bonchev–Trinajstić information content (AvgIpc) is 3.11. The standard InChI is InChI=1S/C13H23N3OS/c1-3-16(4-2)12(17)7-8-14-13-15-9-11(18-13)10-5-6-10/h10-11H,3-9H2,1-2H3,(H,14,15). The summed E-state index contributed by atoms with van der Waals surface area (Å²) < 4.78 is 0. The van der Waals surface area contributed by atoms with Crippen LogP contribution in [-0.4, -0.2) is 47.4 Å². The number of thioether (sulfide) groups is 1. The fourth-order valence-corrected chi connectivity index (χ4v) is 3.45. The van der Waals surface area contributed by atoms with E-state index in [2.05, 4.69) is 10.3 Å². The summed E-state index contributed by atoms with van der Waals surface area (Å²) in [6.45, 7) is 7.31. The first-order chi connectivity index (χ1) is 8.74. The number of hydrogen-bond acceptors (Lipinski definition) is 4. The molecular weight excluding hydrogens is 246 g/mol. The van der Waals surface area contributed by atoms with E-state index < -0.39 is 0 Å². The van der Waals surface area contributed by atoms with Gasteiger partial charge in [-0.1, -0.05) is 11.8 Å². The van der Waals surface area contributed by atoms with Crippen LogP contribution in [0.3, 0.4) is 0 Å². The summed E-state index contributed by atoms with van der Waals surface area (Å²) >= 11 is 1.87. The summed E-state index contributed by atoms with van der Waals surface area (Å²) in [4.78, 5) is 18.2. The zero-order chi connectivity index (χ0) is 13.0. The molecular formula is C13H23N3OS. The maximum Gasteiger partial charge on any atom is 0.224 e. The van der Waals surface area contributed by atoms with Crippen LogP contribution in [-0.2, 0) is 4.79 Å². The number of nitrogens with zero attached hydrogens (tertiary/aromatic N) is 2. The highest BCUT2D eigenvalue weighted by atomic mass is 32.2. The van der Waals surface area contributed by atoms with Crippen molar-refractivity contribution in [3.05, 3.63) is 0 Å². The van der Waals surface area contributed by atoms with Crippen LogP contribution in [0.2, 0.25) is 0 Å². The Labute approximate surface area is 114 Å². The van der Waals surface area contributed by atoms with Crippen molar-refractivity contribution < 1.29 is 4.79 Å². The van der Waals surface area contributed by atoms with Crippen LogP contribution >= 0.6 is 11.8 Å². The third kappa shape index (κ3) is 3.64. The molecule has 2 aliphatic rings. The van der Waals surface area contributed by atoms with E-state index in [0.717, 1.165) is 30.7 Å². The van der Waals surface area contributed by atoms with Crippen LogP contribution in [0.15, 0.2) is 4.99 Å². The molecule has 4 nitrogen and oxygen atoms in total. The maximum absolute atomic E-state index is 11.8. The van der Waals surface area contributed by atoms with Crippen molar-refractivity contribution in [1.29, 1.82) is 0 Å². The molecule has 5 heteroatoms. The smallest absolute Gasteiger partial charge is 0.224 e. The third-order valence-electron chi connectivity index (χ3n) is 3.56. The van der Waals surface area contributed by atoms with Gasteiger partial charge in [0.15, 0.2) is 5.17 Å². The monoisotopic (exact) mass is 269 g/mol. The first kappa shape index (κ1) is 13.7. The Hall–Kier alpha value is -0.710. The van der Waals surface area contributed by atoms with Crippen molar-refractivity contribution in [2.75, 3.05) is 26.2 Å². The Bertz CT molecular complexity index is 324. The van der Waals surface area contributed by atoms with Crippen molar-refractivity contribution in [1.82, 2.24) is 10.2 Å². The van der Waals surface area contributed by atoms with Gasteiger partial charge in [0, 0.05) is 31.3 Å². The molecule has 1 atom stereocenters. The Morgan fingerprint density at radius 2 is 2.17 bits per heavy atom. The van der Waals surface area contributed by atoms with Crippen molar-refractivity contribution in [2.24, 2.45) is 10.9 Å². The van der Waals surface area contributed by atoms with Gasteiger partial charge >= 0.3 is 0 Å². The topological polar surface area (TPSA) is 44.7 Å². The number of hydrogen-bond donors (Lipinski definition) is 1. The summed E-state index contributed by atoms with van der Waals surface area (Å²) in [7, 11) is 0. The number of amides is 1. The fourth-order valence-electron chi connectivity index (χ4n) is 2.21. The summed E-state index contributed by atoms with van der Waals surface area (Å²) in [5, 5.41) is 5.03. The zero-order valence-electron chi connectivity index (χ0n) is 11.3. The number of nitrogens with one attached hydrogen (secondary N) is 1. The minimum absolute atomic E-state index is 0.231. The van der Waals surface area contributed by atoms with Crippen molar-refractivity contribution in [3.8, 4) is 0 Å². The number of amidine groups is 1. The average molecular weight is 269 g/mol. The Balaban J connectivity index is 1.62. The largest absolute Gasteiger partial charge is 0.364 e. The Morgan fingerprint density at radius 3 is 2.78 bits per heavy atom. The highest BCUT2D eigenvalue weighted by Crippen LogP contribution is 2.41. The third-order valence-corrected chi connectivity index (χ3v) is 4.89. The van der Waals surface area contributed by atoms with Crippen molar-refractivity contribution in [3.63, 3.8) is 0 Å². The quantitative estimate of drug-likeness (QED) is 0.798. The van der Waals surface area contributed by atoms with Gasteiger partial charge in [-0.3, -0.25) is 9.79 Å². The van der Waals surface area contributed by atoms with E-state index in [0.29, 0.717) is 18.2 Å². The molecule has 1 heterocycles. The molecule has 1 fully saturated rings. The molecule has 18 heavy (non-hydrogen) atoms. The van der Waals surface area contributed by atoms with Gasteiger partial charge in [-0.05, 0) is 32.6 Å². The van der Waals surface area contributed by atoms with E-state index in [1.54, 1.807) is 0 Å². The van der Waals surface area contributed by atoms with Crippen LogP contribution in [0.25, 0.3) is 0 Å². The summed E-state index contributed by atoms with van der Waals surface area (Å²) in [5.41, 5.74) is 0. The number of carbonyl (C=O) groups excluding carboxylic acids is 1.